The van der Waals surface area contributed by atoms with E-state index in [1.54, 1.807) is 12.1 Å². The van der Waals surface area contributed by atoms with Gasteiger partial charge in [-0.1, -0.05) is 11.6 Å². The molecule has 0 atom stereocenters. The molecule has 2 rings (SSSR count). The second-order valence-electron chi connectivity index (χ2n) is 3.70. The largest absolute Gasteiger partial charge is 0.493 e. The van der Waals surface area contributed by atoms with Crippen LogP contribution in [0.1, 0.15) is 5.56 Å². The van der Waals surface area contributed by atoms with Gasteiger partial charge in [0, 0.05) is 0 Å². The van der Waals surface area contributed by atoms with Gasteiger partial charge in [0.2, 0.25) is 0 Å². The Labute approximate surface area is 114 Å². The zero-order valence-corrected chi connectivity index (χ0v) is 11.0. The number of urea groups is 1. The molecule has 1 aliphatic rings. The van der Waals surface area contributed by atoms with Crippen molar-refractivity contribution in [2.24, 2.45) is 0 Å². The number of nitrogens with one attached hydrogen (secondary N) is 2. The summed E-state index contributed by atoms with van der Waals surface area (Å²) in [5.41, 5.74) is 0.753. The fourth-order valence-electron chi connectivity index (χ4n) is 1.67. The van der Waals surface area contributed by atoms with Crippen molar-refractivity contribution >= 4 is 29.6 Å². The number of rotatable bonds is 3. The molecule has 0 aromatic heterocycles. The summed E-state index contributed by atoms with van der Waals surface area (Å²) in [4.78, 5) is 22.4. The van der Waals surface area contributed by atoms with Gasteiger partial charge >= 0.3 is 6.03 Å². The number of amides is 3. The van der Waals surface area contributed by atoms with Crippen LogP contribution in [0.2, 0.25) is 5.02 Å². The molecule has 0 aliphatic carbocycles. The van der Waals surface area contributed by atoms with Gasteiger partial charge < -0.3 is 14.8 Å². The first-order valence-electron chi connectivity index (χ1n) is 5.30. The van der Waals surface area contributed by atoms with Crippen molar-refractivity contribution in [2.75, 3.05) is 14.2 Å². The fraction of sp³-hybridized carbons (Fsp3) is 0.167. The smallest absolute Gasteiger partial charge is 0.326 e. The van der Waals surface area contributed by atoms with E-state index in [9.17, 15) is 9.59 Å². The third-order valence-electron chi connectivity index (χ3n) is 2.49. The summed E-state index contributed by atoms with van der Waals surface area (Å²) < 4.78 is 10.2. The Morgan fingerprint density at radius 1 is 1.16 bits per heavy atom. The quantitative estimate of drug-likeness (QED) is 0.651. The van der Waals surface area contributed by atoms with Gasteiger partial charge in [0.1, 0.15) is 5.70 Å². The van der Waals surface area contributed by atoms with Crippen LogP contribution in [0.3, 0.4) is 0 Å². The Bertz CT molecular complexity index is 583. The zero-order valence-electron chi connectivity index (χ0n) is 10.2. The zero-order chi connectivity index (χ0) is 14.0. The first kappa shape index (κ1) is 13.2. The highest BCUT2D eigenvalue weighted by Crippen LogP contribution is 2.36. The molecule has 19 heavy (non-hydrogen) atoms. The maximum atomic E-state index is 11.4. The van der Waals surface area contributed by atoms with E-state index in [-0.39, 0.29) is 5.70 Å². The summed E-state index contributed by atoms with van der Waals surface area (Å²) in [6, 6.07) is 2.70. The Balaban J connectivity index is 2.42. The number of methoxy groups -OCH3 is 2. The van der Waals surface area contributed by atoms with Crippen LogP contribution >= 0.6 is 11.6 Å². The fourth-order valence-corrected chi connectivity index (χ4v) is 1.97. The highest BCUT2D eigenvalue weighted by atomic mass is 35.5. The van der Waals surface area contributed by atoms with Crippen molar-refractivity contribution in [3.8, 4) is 11.5 Å². The van der Waals surface area contributed by atoms with Gasteiger partial charge in [-0.05, 0) is 23.8 Å². The van der Waals surface area contributed by atoms with E-state index in [1.165, 1.54) is 20.3 Å². The minimum Gasteiger partial charge on any atom is -0.493 e. The molecule has 7 heteroatoms. The molecule has 1 saturated heterocycles. The van der Waals surface area contributed by atoms with Crippen LogP contribution in [0.25, 0.3) is 6.08 Å². The third kappa shape index (κ3) is 2.63. The molecule has 100 valence electrons. The SMILES string of the molecule is COc1cc(C=C2NC(=O)NC2=O)cc(Cl)c1OC. The lowest BCUT2D eigenvalue weighted by molar-refractivity contribution is -0.115. The Morgan fingerprint density at radius 3 is 2.42 bits per heavy atom. The second kappa shape index (κ2) is 5.19. The van der Waals surface area contributed by atoms with Gasteiger partial charge in [-0.15, -0.1) is 0 Å². The summed E-state index contributed by atoms with van der Waals surface area (Å²) in [5, 5.41) is 4.84. The molecule has 1 aliphatic heterocycles. The average Bonchev–Trinajstić information content (AvgIpc) is 2.67. The number of hydrogen-bond acceptors (Lipinski definition) is 4. The molecule has 1 aromatic carbocycles. The van der Waals surface area contributed by atoms with E-state index in [4.69, 9.17) is 21.1 Å². The number of halogens is 1. The van der Waals surface area contributed by atoms with Crippen molar-refractivity contribution < 1.29 is 19.1 Å². The number of imide groups is 1. The Hall–Kier alpha value is -2.21. The van der Waals surface area contributed by atoms with Crippen LogP contribution in [0.15, 0.2) is 17.8 Å². The second-order valence-corrected chi connectivity index (χ2v) is 4.11. The van der Waals surface area contributed by atoms with Crippen LogP contribution in [0.5, 0.6) is 11.5 Å². The van der Waals surface area contributed by atoms with E-state index in [0.717, 1.165) is 0 Å². The van der Waals surface area contributed by atoms with Gasteiger partial charge in [0.25, 0.3) is 5.91 Å². The lowest BCUT2D eigenvalue weighted by Crippen LogP contribution is -2.22. The maximum Gasteiger partial charge on any atom is 0.326 e. The Morgan fingerprint density at radius 2 is 1.89 bits per heavy atom. The van der Waals surface area contributed by atoms with E-state index >= 15 is 0 Å². The molecule has 0 radical (unpaired) electrons. The lowest BCUT2D eigenvalue weighted by atomic mass is 10.1. The molecule has 6 nitrogen and oxygen atoms in total. The van der Waals surface area contributed by atoms with Gasteiger partial charge in [-0.2, -0.15) is 0 Å². The summed E-state index contributed by atoms with van der Waals surface area (Å²) in [5.74, 6) is 0.355. The minimum atomic E-state index is -0.553. The maximum absolute atomic E-state index is 11.4. The summed E-state index contributed by atoms with van der Waals surface area (Å²) >= 11 is 6.04. The van der Waals surface area contributed by atoms with Crippen molar-refractivity contribution in [3.05, 3.63) is 28.4 Å². The third-order valence-corrected chi connectivity index (χ3v) is 2.77. The average molecular weight is 283 g/mol. The molecule has 1 heterocycles. The number of benzene rings is 1. The molecule has 2 N–H and O–H groups in total. The first-order chi connectivity index (χ1) is 9.05. The van der Waals surface area contributed by atoms with Crippen molar-refractivity contribution in [3.63, 3.8) is 0 Å². The van der Waals surface area contributed by atoms with Crippen molar-refractivity contribution in [2.45, 2.75) is 0 Å². The van der Waals surface area contributed by atoms with Crippen molar-refractivity contribution in [1.29, 1.82) is 0 Å². The summed E-state index contributed by atoms with van der Waals surface area (Å²) in [6.07, 6.45) is 1.49. The number of carbonyl (C=O) groups excluding carboxylic acids is 2. The number of ether oxygens (including phenoxy) is 2. The van der Waals surface area contributed by atoms with Crippen LogP contribution in [0, 0.1) is 0 Å². The minimum absolute atomic E-state index is 0.147. The molecule has 1 fully saturated rings. The lowest BCUT2D eigenvalue weighted by Gasteiger charge is -2.10. The van der Waals surface area contributed by atoms with E-state index in [1.807, 2.05) is 0 Å². The van der Waals surface area contributed by atoms with Crippen molar-refractivity contribution in [1.82, 2.24) is 10.6 Å². The predicted octanol–water partition coefficient (Wildman–Crippen LogP) is 1.54. The van der Waals surface area contributed by atoms with Crippen LogP contribution in [-0.4, -0.2) is 26.2 Å². The topological polar surface area (TPSA) is 76.7 Å². The molecule has 0 unspecified atom stereocenters. The molecule has 0 spiro atoms. The van der Waals surface area contributed by atoms with Gasteiger partial charge in [-0.25, -0.2) is 4.79 Å². The summed E-state index contributed by atoms with van der Waals surface area (Å²) in [7, 11) is 2.96. The highest BCUT2D eigenvalue weighted by Gasteiger charge is 2.23. The molecular formula is C12H11ClN2O4. The van der Waals surface area contributed by atoms with Gasteiger partial charge in [-0.3, -0.25) is 10.1 Å². The highest BCUT2D eigenvalue weighted by molar-refractivity contribution is 6.32. The van der Waals surface area contributed by atoms with Crippen LogP contribution < -0.4 is 20.1 Å². The molecule has 0 saturated carbocycles. The van der Waals surface area contributed by atoms with Gasteiger partial charge in [0.05, 0.1) is 19.2 Å². The standard InChI is InChI=1S/C12H11ClN2O4/c1-18-9-5-6(3-7(13)10(9)19-2)4-8-11(16)15-12(17)14-8/h3-5H,1-2H3,(H2,14,15,16,17). The molecule has 1 aromatic rings. The van der Waals surface area contributed by atoms with Crippen LogP contribution in [0.4, 0.5) is 4.79 Å². The molecule has 0 bridgehead atoms. The predicted molar refractivity (Wildman–Crippen MR) is 69.2 cm³/mol. The van der Waals surface area contributed by atoms with E-state index in [2.05, 4.69) is 10.6 Å². The summed E-state index contributed by atoms with van der Waals surface area (Å²) in [6.45, 7) is 0. The van der Waals surface area contributed by atoms with E-state index in [0.29, 0.717) is 22.1 Å². The first-order valence-corrected chi connectivity index (χ1v) is 5.68. The van der Waals surface area contributed by atoms with Crippen LogP contribution in [-0.2, 0) is 4.79 Å². The normalized spacial score (nSPS) is 16.3. The molecular weight excluding hydrogens is 272 g/mol. The number of carbonyl (C=O) groups is 2. The molecule has 3 amide bonds. The Kier molecular flexibility index (Phi) is 3.62. The number of hydrogen-bond donors (Lipinski definition) is 2. The van der Waals surface area contributed by atoms with Gasteiger partial charge in [0.15, 0.2) is 11.5 Å². The van der Waals surface area contributed by atoms with E-state index < -0.39 is 11.9 Å². The monoisotopic (exact) mass is 282 g/mol.